The molecule has 0 unspecified atom stereocenters. The van der Waals surface area contributed by atoms with Gasteiger partial charge in [-0.3, -0.25) is 0 Å². The molecular weight excluding hydrogens is 292 g/mol. The average molecular weight is 314 g/mol. The van der Waals surface area contributed by atoms with Gasteiger partial charge in [0.05, 0.1) is 18.7 Å². The molecule has 1 saturated carbocycles. The van der Waals surface area contributed by atoms with Crippen LogP contribution in [0.25, 0.3) is 0 Å². The zero-order chi connectivity index (χ0) is 16.6. The van der Waals surface area contributed by atoms with Crippen LogP contribution in [0.1, 0.15) is 50.7 Å². The quantitative estimate of drug-likeness (QED) is 0.857. The molecule has 23 heavy (non-hydrogen) atoms. The van der Waals surface area contributed by atoms with Crippen LogP contribution in [-0.2, 0) is 4.74 Å². The molecule has 1 heterocycles. The van der Waals surface area contributed by atoms with E-state index >= 15 is 0 Å². The fourth-order valence-corrected chi connectivity index (χ4v) is 2.67. The van der Waals surface area contributed by atoms with E-state index in [4.69, 9.17) is 9.47 Å². The Morgan fingerprint density at radius 1 is 1.30 bits per heavy atom. The Hall–Kier alpha value is -2.22. The van der Waals surface area contributed by atoms with Crippen molar-refractivity contribution in [1.29, 1.82) is 5.26 Å². The van der Waals surface area contributed by atoms with Gasteiger partial charge in [-0.15, -0.1) is 0 Å². The Labute approximate surface area is 136 Å². The number of benzene rings is 1. The summed E-state index contributed by atoms with van der Waals surface area (Å²) in [4.78, 5) is 13.5. The van der Waals surface area contributed by atoms with Crippen LogP contribution in [-0.4, -0.2) is 35.8 Å². The maximum absolute atomic E-state index is 11.9. The van der Waals surface area contributed by atoms with Gasteiger partial charge in [0.15, 0.2) is 0 Å². The number of nitrogens with zero attached hydrogens (tertiary/aromatic N) is 2. The zero-order valence-electron chi connectivity index (χ0n) is 13.8. The van der Waals surface area contributed by atoms with Gasteiger partial charge in [-0.1, -0.05) is 12.1 Å². The third kappa shape index (κ3) is 3.58. The number of ether oxygens (including phenoxy) is 2. The second kappa shape index (κ2) is 5.77. The van der Waals surface area contributed by atoms with E-state index in [1.165, 1.54) is 0 Å². The summed E-state index contributed by atoms with van der Waals surface area (Å²) >= 11 is 0. The van der Waals surface area contributed by atoms with E-state index in [1.54, 1.807) is 4.90 Å². The predicted octanol–water partition coefficient (Wildman–Crippen LogP) is 3.43. The fourth-order valence-electron chi connectivity index (χ4n) is 2.67. The largest absolute Gasteiger partial charge is 0.485 e. The fraction of sp³-hybridized carbons (Fsp3) is 0.556. The molecule has 5 heteroatoms. The van der Waals surface area contributed by atoms with Gasteiger partial charge in [0.2, 0.25) is 0 Å². The summed E-state index contributed by atoms with van der Waals surface area (Å²) in [5.41, 5.74) is 1.24. The van der Waals surface area contributed by atoms with Gasteiger partial charge < -0.3 is 14.4 Å². The number of nitriles is 1. The molecule has 0 spiro atoms. The molecule has 0 atom stereocenters. The van der Waals surface area contributed by atoms with Crippen molar-refractivity contribution in [3.05, 3.63) is 29.3 Å². The Morgan fingerprint density at radius 3 is 2.57 bits per heavy atom. The Bertz CT molecular complexity index is 647. The first-order valence-corrected chi connectivity index (χ1v) is 8.05. The van der Waals surface area contributed by atoms with Crippen LogP contribution in [0.4, 0.5) is 4.79 Å². The summed E-state index contributed by atoms with van der Waals surface area (Å²) in [6, 6.07) is 8.06. The lowest BCUT2D eigenvalue weighted by Gasteiger charge is -2.39. The molecule has 2 aliphatic rings. The number of likely N-dealkylation sites (tertiary alicyclic amines) is 1. The van der Waals surface area contributed by atoms with E-state index in [1.807, 2.05) is 39.0 Å². The van der Waals surface area contributed by atoms with Crippen molar-refractivity contribution in [3.8, 4) is 11.8 Å². The average Bonchev–Trinajstić information content (AvgIpc) is 3.24. The molecule has 0 bridgehead atoms. The highest BCUT2D eigenvalue weighted by Crippen LogP contribution is 2.43. The molecule has 1 aromatic rings. The van der Waals surface area contributed by atoms with Gasteiger partial charge >= 0.3 is 6.09 Å². The van der Waals surface area contributed by atoms with Gasteiger partial charge in [-0.05, 0) is 51.2 Å². The van der Waals surface area contributed by atoms with Gasteiger partial charge in [-0.25, -0.2) is 4.79 Å². The third-order valence-corrected chi connectivity index (χ3v) is 3.98. The van der Waals surface area contributed by atoms with Gasteiger partial charge in [0.25, 0.3) is 0 Å². The maximum Gasteiger partial charge on any atom is 0.410 e. The molecule has 5 nitrogen and oxygen atoms in total. The molecule has 0 aromatic heterocycles. The van der Waals surface area contributed by atoms with E-state index in [2.05, 4.69) is 6.07 Å². The van der Waals surface area contributed by atoms with E-state index in [0.717, 1.165) is 18.4 Å². The highest BCUT2D eigenvalue weighted by atomic mass is 16.6. The van der Waals surface area contributed by atoms with Crippen molar-refractivity contribution in [2.24, 2.45) is 0 Å². The van der Waals surface area contributed by atoms with E-state index in [-0.39, 0.29) is 12.2 Å². The molecular formula is C18H22N2O3. The van der Waals surface area contributed by atoms with Crippen molar-refractivity contribution in [2.75, 3.05) is 13.1 Å². The molecule has 2 fully saturated rings. The number of hydrogen-bond donors (Lipinski definition) is 0. The molecule has 1 saturated heterocycles. The van der Waals surface area contributed by atoms with Crippen molar-refractivity contribution in [1.82, 2.24) is 4.90 Å². The van der Waals surface area contributed by atoms with Crippen molar-refractivity contribution >= 4 is 6.09 Å². The van der Waals surface area contributed by atoms with Gasteiger partial charge in [-0.2, -0.15) is 5.26 Å². The zero-order valence-corrected chi connectivity index (χ0v) is 13.8. The first-order valence-electron chi connectivity index (χ1n) is 8.05. The number of carbonyl (C=O) groups is 1. The SMILES string of the molecule is CC(C)(C)OC(=O)N1CC(Oc2cccc(C3CC3)c2C#N)C1. The molecule has 1 aliphatic heterocycles. The minimum Gasteiger partial charge on any atom is -0.485 e. The van der Waals surface area contributed by atoms with Crippen molar-refractivity contribution < 1.29 is 14.3 Å². The molecule has 0 N–H and O–H groups in total. The standard InChI is InChI=1S/C18H22N2O3/c1-18(2,3)23-17(21)20-10-13(11-20)22-16-6-4-5-14(12-7-8-12)15(16)9-19/h4-6,12-13H,7-8,10-11H2,1-3H3. The highest BCUT2D eigenvalue weighted by Gasteiger charge is 2.36. The molecule has 1 amide bonds. The number of amides is 1. The highest BCUT2D eigenvalue weighted by molar-refractivity contribution is 5.69. The van der Waals surface area contributed by atoms with Crippen LogP contribution in [0.5, 0.6) is 5.75 Å². The van der Waals surface area contributed by atoms with Crippen LogP contribution >= 0.6 is 0 Å². The van der Waals surface area contributed by atoms with Crippen molar-refractivity contribution in [2.45, 2.75) is 51.2 Å². The second-order valence-electron chi connectivity index (χ2n) is 7.23. The van der Waals surface area contributed by atoms with Crippen molar-refractivity contribution in [3.63, 3.8) is 0 Å². The molecule has 122 valence electrons. The van der Waals surface area contributed by atoms with Gasteiger partial charge in [0.1, 0.15) is 23.5 Å². The summed E-state index contributed by atoms with van der Waals surface area (Å²) in [5.74, 6) is 1.14. The van der Waals surface area contributed by atoms with E-state index in [0.29, 0.717) is 30.3 Å². The topological polar surface area (TPSA) is 62.6 Å². The van der Waals surface area contributed by atoms with E-state index in [9.17, 15) is 10.1 Å². The summed E-state index contributed by atoms with van der Waals surface area (Å²) in [7, 11) is 0. The predicted molar refractivity (Wildman–Crippen MR) is 85.4 cm³/mol. The number of rotatable bonds is 3. The minimum atomic E-state index is -0.490. The van der Waals surface area contributed by atoms with Crippen LogP contribution in [0.2, 0.25) is 0 Å². The molecule has 3 rings (SSSR count). The Morgan fingerprint density at radius 2 is 2.00 bits per heavy atom. The summed E-state index contributed by atoms with van der Waals surface area (Å²) in [6.45, 7) is 6.53. The molecule has 0 radical (unpaired) electrons. The van der Waals surface area contributed by atoms with Crippen LogP contribution in [0.3, 0.4) is 0 Å². The summed E-state index contributed by atoms with van der Waals surface area (Å²) in [5, 5.41) is 9.43. The normalized spacial score (nSPS) is 18.1. The summed E-state index contributed by atoms with van der Waals surface area (Å²) in [6.07, 6.45) is 1.90. The first kappa shape index (κ1) is 15.7. The lowest BCUT2D eigenvalue weighted by Crippen LogP contribution is -2.57. The Balaban J connectivity index is 1.59. The lowest BCUT2D eigenvalue weighted by molar-refractivity contribution is -0.0222. The van der Waals surface area contributed by atoms with Crippen LogP contribution < -0.4 is 4.74 Å². The Kier molecular flexibility index (Phi) is 3.93. The molecule has 1 aliphatic carbocycles. The smallest absolute Gasteiger partial charge is 0.410 e. The minimum absolute atomic E-state index is 0.0796. The van der Waals surface area contributed by atoms with Gasteiger partial charge in [0, 0.05) is 0 Å². The molecule has 1 aromatic carbocycles. The lowest BCUT2D eigenvalue weighted by atomic mass is 10.0. The summed E-state index contributed by atoms with van der Waals surface area (Å²) < 4.78 is 11.3. The maximum atomic E-state index is 11.9. The van der Waals surface area contributed by atoms with Crippen LogP contribution in [0.15, 0.2) is 18.2 Å². The second-order valence-corrected chi connectivity index (χ2v) is 7.23. The van der Waals surface area contributed by atoms with E-state index < -0.39 is 5.60 Å². The first-order chi connectivity index (χ1) is 10.9. The third-order valence-electron chi connectivity index (χ3n) is 3.98. The monoisotopic (exact) mass is 314 g/mol. The van der Waals surface area contributed by atoms with Crippen LogP contribution in [0, 0.1) is 11.3 Å². The number of hydrogen-bond acceptors (Lipinski definition) is 4. The number of carbonyl (C=O) groups excluding carboxylic acids is 1.